The molecule has 2 amide bonds. The maximum absolute atomic E-state index is 12.5. The SMILES string of the molecule is COc1ccc(-c2csc(NC(=O)CN3CCC(NC(=O)C4CC4)CC3)n2)c(OC)c1. The van der Waals surface area contributed by atoms with E-state index in [1.165, 1.54) is 11.3 Å². The minimum atomic E-state index is -0.0805. The van der Waals surface area contributed by atoms with Crippen LogP contribution in [-0.2, 0) is 9.59 Å². The number of benzene rings is 1. The maximum atomic E-state index is 12.5. The summed E-state index contributed by atoms with van der Waals surface area (Å²) < 4.78 is 10.7. The number of carbonyl (C=O) groups is 2. The molecule has 1 aromatic carbocycles. The molecule has 2 aromatic rings. The molecule has 1 aromatic heterocycles. The Morgan fingerprint density at radius 1 is 1.16 bits per heavy atom. The van der Waals surface area contributed by atoms with Gasteiger partial charge in [-0.2, -0.15) is 0 Å². The van der Waals surface area contributed by atoms with Crippen LogP contribution in [0.15, 0.2) is 23.6 Å². The molecule has 0 unspecified atom stereocenters. The molecule has 1 saturated carbocycles. The number of piperidine rings is 1. The highest BCUT2D eigenvalue weighted by Crippen LogP contribution is 2.35. The van der Waals surface area contributed by atoms with Gasteiger partial charge in [0.1, 0.15) is 11.5 Å². The Kier molecular flexibility index (Phi) is 6.72. The van der Waals surface area contributed by atoms with E-state index in [4.69, 9.17) is 9.47 Å². The lowest BCUT2D eigenvalue weighted by Gasteiger charge is -2.31. The number of hydrogen-bond acceptors (Lipinski definition) is 7. The number of thiazole rings is 1. The number of aromatic nitrogens is 1. The Labute approximate surface area is 185 Å². The number of hydrogen-bond donors (Lipinski definition) is 2. The van der Waals surface area contributed by atoms with Crippen LogP contribution < -0.4 is 20.1 Å². The van der Waals surface area contributed by atoms with E-state index in [0.29, 0.717) is 23.2 Å². The van der Waals surface area contributed by atoms with Gasteiger partial charge >= 0.3 is 0 Å². The van der Waals surface area contributed by atoms with Crippen LogP contribution >= 0.6 is 11.3 Å². The first-order valence-corrected chi connectivity index (χ1v) is 11.4. The predicted molar refractivity (Wildman–Crippen MR) is 120 cm³/mol. The van der Waals surface area contributed by atoms with Crippen molar-refractivity contribution in [1.82, 2.24) is 15.2 Å². The second kappa shape index (κ2) is 9.65. The van der Waals surface area contributed by atoms with E-state index in [9.17, 15) is 9.59 Å². The van der Waals surface area contributed by atoms with Gasteiger partial charge in [0.15, 0.2) is 5.13 Å². The van der Waals surface area contributed by atoms with Crippen LogP contribution in [0.2, 0.25) is 0 Å². The molecule has 0 atom stereocenters. The summed E-state index contributed by atoms with van der Waals surface area (Å²) in [6, 6.07) is 5.79. The molecule has 31 heavy (non-hydrogen) atoms. The molecule has 0 bridgehead atoms. The third-order valence-electron chi connectivity index (χ3n) is 5.68. The van der Waals surface area contributed by atoms with Crippen LogP contribution in [0.3, 0.4) is 0 Å². The Morgan fingerprint density at radius 2 is 1.94 bits per heavy atom. The van der Waals surface area contributed by atoms with Crippen LogP contribution in [0.1, 0.15) is 25.7 Å². The second-order valence-electron chi connectivity index (χ2n) is 7.99. The zero-order valence-corrected chi connectivity index (χ0v) is 18.7. The number of ether oxygens (including phenoxy) is 2. The van der Waals surface area contributed by atoms with Gasteiger partial charge in [0.25, 0.3) is 0 Å². The molecule has 0 radical (unpaired) electrons. The number of carbonyl (C=O) groups excluding carboxylic acids is 2. The Morgan fingerprint density at radius 3 is 2.61 bits per heavy atom. The van der Waals surface area contributed by atoms with Crippen LogP contribution in [0.25, 0.3) is 11.3 Å². The lowest BCUT2D eigenvalue weighted by atomic mass is 10.0. The summed E-state index contributed by atoms with van der Waals surface area (Å²) in [6.07, 6.45) is 3.80. The van der Waals surface area contributed by atoms with Crippen molar-refractivity contribution in [2.75, 3.05) is 39.2 Å². The normalized spacial score (nSPS) is 17.2. The highest BCUT2D eigenvalue weighted by atomic mass is 32.1. The van der Waals surface area contributed by atoms with Gasteiger partial charge in [-0.1, -0.05) is 0 Å². The molecule has 2 aliphatic rings. The Balaban J connectivity index is 1.27. The highest BCUT2D eigenvalue weighted by Gasteiger charge is 2.32. The fourth-order valence-electron chi connectivity index (χ4n) is 3.73. The maximum Gasteiger partial charge on any atom is 0.240 e. The number of nitrogens with zero attached hydrogens (tertiary/aromatic N) is 2. The van der Waals surface area contributed by atoms with Gasteiger partial charge < -0.3 is 20.1 Å². The van der Waals surface area contributed by atoms with Crippen molar-refractivity contribution in [3.63, 3.8) is 0 Å². The monoisotopic (exact) mass is 444 g/mol. The quantitative estimate of drug-likeness (QED) is 0.650. The second-order valence-corrected chi connectivity index (χ2v) is 8.84. The van der Waals surface area contributed by atoms with E-state index in [1.807, 2.05) is 23.6 Å². The standard InChI is InChI=1S/C22H28N4O4S/c1-29-16-5-6-17(19(11-16)30-2)18-13-31-22(24-18)25-20(27)12-26-9-7-15(8-10-26)23-21(28)14-3-4-14/h5-6,11,13-15H,3-4,7-10,12H2,1-2H3,(H,23,28)(H,24,25,27). The minimum Gasteiger partial charge on any atom is -0.497 e. The van der Waals surface area contributed by atoms with Gasteiger partial charge in [0.2, 0.25) is 11.8 Å². The van der Waals surface area contributed by atoms with Crippen molar-refractivity contribution in [3.05, 3.63) is 23.6 Å². The average molecular weight is 445 g/mol. The van der Waals surface area contributed by atoms with Crippen LogP contribution in [0, 0.1) is 5.92 Å². The number of rotatable bonds is 8. The number of amides is 2. The van der Waals surface area contributed by atoms with Crippen LogP contribution in [-0.4, -0.2) is 61.6 Å². The molecule has 2 heterocycles. The van der Waals surface area contributed by atoms with Gasteiger partial charge in [0.05, 0.1) is 26.5 Å². The van der Waals surface area contributed by atoms with E-state index in [-0.39, 0.29) is 23.8 Å². The summed E-state index contributed by atoms with van der Waals surface area (Å²) >= 11 is 1.38. The molecule has 4 rings (SSSR count). The molecule has 2 N–H and O–H groups in total. The molecule has 0 spiro atoms. The number of likely N-dealkylation sites (tertiary alicyclic amines) is 1. The molecular weight excluding hydrogens is 416 g/mol. The third kappa shape index (κ3) is 5.54. The lowest BCUT2D eigenvalue weighted by molar-refractivity contribution is -0.123. The predicted octanol–water partition coefficient (Wildman–Crippen LogP) is 2.76. The number of methoxy groups -OCH3 is 2. The van der Waals surface area contributed by atoms with Gasteiger partial charge in [0, 0.05) is 42.1 Å². The molecule has 9 heteroatoms. The molecule has 8 nitrogen and oxygen atoms in total. The average Bonchev–Trinajstić information content (AvgIpc) is 3.54. The largest absolute Gasteiger partial charge is 0.497 e. The summed E-state index contributed by atoms with van der Waals surface area (Å²) in [5, 5.41) is 8.49. The van der Waals surface area contributed by atoms with Gasteiger partial charge in [-0.25, -0.2) is 4.98 Å². The molecule has 166 valence electrons. The van der Waals surface area contributed by atoms with E-state index in [0.717, 1.165) is 50.0 Å². The lowest BCUT2D eigenvalue weighted by Crippen LogP contribution is -2.46. The van der Waals surface area contributed by atoms with E-state index >= 15 is 0 Å². The summed E-state index contributed by atoms with van der Waals surface area (Å²) in [7, 11) is 3.21. The topological polar surface area (TPSA) is 92.8 Å². The summed E-state index contributed by atoms with van der Waals surface area (Å²) in [6.45, 7) is 1.93. The van der Waals surface area contributed by atoms with Crippen molar-refractivity contribution >= 4 is 28.3 Å². The fraction of sp³-hybridized carbons (Fsp3) is 0.500. The number of anilines is 1. The smallest absolute Gasteiger partial charge is 0.240 e. The van der Waals surface area contributed by atoms with Gasteiger partial charge in [-0.3, -0.25) is 14.5 Å². The van der Waals surface area contributed by atoms with E-state index < -0.39 is 0 Å². The van der Waals surface area contributed by atoms with Gasteiger partial charge in [-0.15, -0.1) is 11.3 Å². The molecule has 2 fully saturated rings. The zero-order valence-electron chi connectivity index (χ0n) is 17.8. The summed E-state index contributed by atoms with van der Waals surface area (Å²) in [4.78, 5) is 31.1. The van der Waals surface area contributed by atoms with Crippen LogP contribution in [0.5, 0.6) is 11.5 Å². The molecule has 1 aliphatic heterocycles. The first-order chi connectivity index (χ1) is 15.1. The molecule has 1 saturated heterocycles. The molecule has 1 aliphatic carbocycles. The minimum absolute atomic E-state index is 0.0805. The van der Waals surface area contributed by atoms with Crippen molar-refractivity contribution in [3.8, 4) is 22.8 Å². The van der Waals surface area contributed by atoms with E-state index in [1.54, 1.807) is 14.2 Å². The highest BCUT2D eigenvalue weighted by molar-refractivity contribution is 7.14. The Bertz CT molecular complexity index is 935. The zero-order chi connectivity index (χ0) is 21.8. The van der Waals surface area contributed by atoms with Crippen molar-refractivity contribution < 1.29 is 19.1 Å². The first kappa shape index (κ1) is 21.6. The van der Waals surface area contributed by atoms with E-state index in [2.05, 4.69) is 20.5 Å². The van der Waals surface area contributed by atoms with Crippen molar-refractivity contribution in [2.24, 2.45) is 5.92 Å². The summed E-state index contributed by atoms with van der Waals surface area (Å²) in [5.41, 5.74) is 1.59. The Hall–Kier alpha value is -2.65. The third-order valence-corrected chi connectivity index (χ3v) is 6.44. The van der Waals surface area contributed by atoms with Crippen molar-refractivity contribution in [2.45, 2.75) is 31.7 Å². The first-order valence-electron chi connectivity index (χ1n) is 10.6. The summed E-state index contributed by atoms with van der Waals surface area (Å²) in [5.74, 6) is 1.73. The van der Waals surface area contributed by atoms with Crippen molar-refractivity contribution in [1.29, 1.82) is 0 Å². The molecular formula is C22H28N4O4S. The fourth-order valence-corrected chi connectivity index (χ4v) is 4.45. The van der Waals surface area contributed by atoms with Crippen LogP contribution in [0.4, 0.5) is 5.13 Å². The van der Waals surface area contributed by atoms with Gasteiger partial charge in [-0.05, 0) is 37.8 Å². The number of nitrogens with one attached hydrogen (secondary N) is 2.